The second kappa shape index (κ2) is 6.29. The van der Waals surface area contributed by atoms with Crippen LogP contribution in [0.2, 0.25) is 0 Å². The maximum atomic E-state index is 12.2. The number of hydrogen-bond donors (Lipinski definition) is 1. The first-order chi connectivity index (χ1) is 9.56. The molecule has 0 aliphatic carbocycles. The molecular formula is C14H15N3O2S. The van der Waals surface area contributed by atoms with Crippen molar-refractivity contribution >= 4 is 28.8 Å². The van der Waals surface area contributed by atoms with E-state index in [9.17, 15) is 9.59 Å². The fourth-order valence-electron chi connectivity index (χ4n) is 1.73. The van der Waals surface area contributed by atoms with E-state index in [0.29, 0.717) is 17.8 Å². The average Bonchev–Trinajstić information content (AvgIpc) is 2.91. The molecule has 0 bridgehead atoms. The monoisotopic (exact) mass is 289 g/mol. The predicted molar refractivity (Wildman–Crippen MR) is 78.7 cm³/mol. The van der Waals surface area contributed by atoms with Crippen LogP contribution in [0.25, 0.3) is 0 Å². The quantitative estimate of drug-likeness (QED) is 0.940. The molecule has 0 aliphatic heterocycles. The van der Waals surface area contributed by atoms with E-state index in [1.54, 1.807) is 42.4 Å². The van der Waals surface area contributed by atoms with Gasteiger partial charge in [0.2, 0.25) is 5.91 Å². The number of rotatable bonds is 4. The second-order valence-corrected chi connectivity index (χ2v) is 5.32. The van der Waals surface area contributed by atoms with Crippen molar-refractivity contribution < 1.29 is 9.59 Å². The fraction of sp³-hybridized carbons (Fsp3) is 0.214. The number of anilines is 1. The van der Waals surface area contributed by atoms with Crippen LogP contribution in [0.4, 0.5) is 5.69 Å². The lowest BCUT2D eigenvalue weighted by molar-refractivity contribution is -0.114. The Kier molecular flexibility index (Phi) is 4.47. The SMILES string of the molecule is CC(=O)Nc1ccc(C(=O)N(C)Cc2nccs2)cc1. The molecule has 5 nitrogen and oxygen atoms in total. The molecule has 0 atom stereocenters. The van der Waals surface area contributed by atoms with Crippen LogP contribution in [-0.4, -0.2) is 28.7 Å². The minimum atomic E-state index is -0.134. The summed E-state index contributed by atoms with van der Waals surface area (Å²) in [5.41, 5.74) is 1.26. The van der Waals surface area contributed by atoms with Gasteiger partial charge in [0.15, 0.2) is 0 Å². The van der Waals surface area contributed by atoms with E-state index in [1.165, 1.54) is 18.3 Å². The van der Waals surface area contributed by atoms with Gasteiger partial charge in [-0.05, 0) is 24.3 Å². The number of carbonyl (C=O) groups is 2. The fourth-order valence-corrected chi connectivity index (χ4v) is 2.39. The van der Waals surface area contributed by atoms with Crippen LogP contribution in [0.5, 0.6) is 0 Å². The Hall–Kier alpha value is -2.21. The summed E-state index contributed by atoms with van der Waals surface area (Å²) in [5.74, 6) is -0.209. The Balaban J connectivity index is 2.03. The Morgan fingerprint density at radius 1 is 1.30 bits per heavy atom. The molecule has 6 heteroatoms. The number of nitrogens with zero attached hydrogens (tertiary/aromatic N) is 2. The number of nitrogens with one attached hydrogen (secondary N) is 1. The number of thiazole rings is 1. The maximum absolute atomic E-state index is 12.2. The first-order valence-corrected chi connectivity index (χ1v) is 6.95. The molecular weight excluding hydrogens is 274 g/mol. The lowest BCUT2D eigenvalue weighted by atomic mass is 10.2. The summed E-state index contributed by atoms with van der Waals surface area (Å²) in [4.78, 5) is 28.9. The highest BCUT2D eigenvalue weighted by atomic mass is 32.1. The third kappa shape index (κ3) is 3.64. The molecule has 0 unspecified atom stereocenters. The number of hydrogen-bond acceptors (Lipinski definition) is 4. The molecule has 20 heavy (non-hydrogen) atoms. The van der Waals surface area contributed by atoms with Crippen molar-refractivity contribution in [2.24, 2.45) is 0 Å². The highest BCUT2D eigenvalue weighted by Gasteiger charge is 2.13. The summed E-state index contributed by atoms with van der Waals surface area (Å²) in [6.45, 7) is 1.94. The van der Waals surface area contributed by atoms with Crippen molar-refractivity contribution in [3.63, 3.8) is 0 Å². The number of amides is 2. The van der Waals surface area contributed by atoms with Gasteiger partial charge < -0.3 is 10.2 Å². The van der Waals surface area contributed by atoms with Crippen molar-refractivity contribution in [1.29, 1.82) is 0 Å². The molecule has 1 aromatic carbocycles. The summed E-state index contributed by atoms with van der Waals surface area (Å²) in [7, 11) is 1.74. The third-order valence-corrected chi connectivity index (χ3v) is 3.42. The topological polar surface area (TPSA) is 62.3 Å². The van der Waals surface area contributed by atoms with Crippen LogP contribution in [0.1, 0.15) is 22.3 Å². The number of benzene rings is 1. The molecule has 2 amide bonds. The van der Waals surface area contributed by atoms with E-state index in [4.69, 9.17) is 0 Å². The number of carbonyl (C=O) groups excluding carboxylic acids is 2. The summed E-state index contributed by atoms with van der Waals surface area (Å²) in [5, 5.41) is 5.45. The molecule has 0 saturated heterocycles. The molecule has 1 N–H and O–H groups in total. The van der Waals surface area contributed by atoms with Crippen LogP contribution in [-0.2, 0) is 11.3 Å². The molecule has 0 spiro atoms. The average molecular weight is 289 g/mol. The van der Waals surface area contributed by atoms with E-state index in [2.05, 4.69) is 10.3 Å². The van der Waals surface area contributed by atoms with Crippen LogP contribution in [0.15, 0.2) is 35.8 Å². The molecule has 0 radical (unpaired) electrons. The zero-order chi connectivity index (χ0) is 14.5. The minimum absolute atomic E-state index is 0.0745. The van der Waals surface area contributed by atoms with Crippen molar-refractivity contribution in [2.75, 3.05) is 12.4 Å². The van der Waals surface area contributed by atoms with Gasteiger partial charge >= 0.3 is 0 Å². The number of aromatic nitrogens is 1. The summed E-state index contributed by atoms with van der Waals surface area (Å²) >= 11 is 1.52. The molecule has 2 aromatic rings. The van der Waals surface area contributed by atoms with Gasteiger partial charge in [0.25, 0.3) is 5.91 Å². The van der Waals surface area contributed by atoms with E-state index < -0.39 is 0 Å². The van der Waals surface area contributed by atoms with Crippen LogP contribution < -0.4 is 5.32 Å². The lowest BCUT2D eigenvalue weighted by Crippen LogP contribution is -2.26. The molecule has 0 fully saturated rings. The Labute approximate surface area is 121 Å². The third-order valence-electron chi connectivity index (χ3n) is 2.65. The zero-order valence-corrected chi connectivity index (χ0v) is 12.1. The van der Waals surface area contributed by atoms with Crippen LogP contribution >= 0.6 is 11.3 Å². The molecule has 2 rings (SSSR count). The summed E-state index contributed by atoms with van der Waals surface area (Å²) in [6.07, 6.45) is 1.72. The Morgan fingerprint density at radius 2 is 2.00 bits per heavy atom. The van der Waals surface area contributed by atoms with Gasteiger partial charge in [0, 0.05) is 36.8 Å². The van der Waals surface area contributed by atoms with E-state index in [-0.39, 0.29) is 11.8 Å². The van der Waals surface area contributed by atoms with Crippen LogP contribution in [0, 0.1) is 0 Å². The van der Waals surface area contributed by atoms with Gasteiger partial charge in [-0.3, -0.25) is 9.59 Å². The van der Waals surface area contributed by atoms with Crippen molar-refractivity contribution in [1.82, 2.24) is 9.88 Å². The van der Waals surface area contributed by atoms with Crippen molar-refractivity contribution in [2.45, 2.75) is 13.5 Å². The Bertz CT molecular complexity index is 593. The smallest absolute Gasteiger partial charge is 0.253 e. The molecule has 1 aromatic heterocycles. The van der Waals surface area contributed by atoms with Crippen molar-refractivity contribution in [3.8, 4) is 0 Å². The van der Waals surface area contributed by atoms with Gasteiger partial charge in [-0.25, -0.2) is 4.98 Å². The maximum Gasteiger partial charge on any atom is 0.253 e. The van der Waals surface area contributed by atoms with E-state index >= 15 is 0 Å². The van der Waals surface area contributed by atoms with E-state index in [0.717, 1.165) is 5.01 Å². The molecule has 0 saturated carbocycles. The molecule has 0 aliphatic rings. The normalized spacial score (nSPS) is 10.1. The second-order valence-electron chi connectivity index (χ2n) is 4.35. The highest BCUT2D eigenvalue weighted by Crippen LogP contribution is 2.13. The lowest BCUT2D eigenvalue weighted by Gasteiger charge is -2.15. The predicted octanol–water partition coefficient (Wildman–Crippen LogP) is 2.37. The van der Waals surface area contributed by atoms with Crippen molar-refractivity contribution in [3.05, 3.63) is 46.4 Å². The summed E-state index contributed by atoms with van der Waals surface area (Å²) in [6, 6.07) is 6.83. The first-order valence-electron chi connectivity index (χ1n) is 6.08. The van der Waals surface area contributed by atoms with Gasteiger partial charge in [0.1, 0.15) is 5.01 Å². The van der Waals surface area contributed by atoms with Gasteiger partial charge in [0.05, 0.1) is 6.54 Å². The Morgan fingerprint density at radius 3 is 2.55 bits per heavy atom. The molecule has 1 heterocycles. The zero-order valence-electron chi connectivity index (χ0n) is 11.3. The first kappa shape index (κ1) is 14.2. The largest absolute Gasteiger partial charge is 0.335 e. The van der Waals surface area contributed by atoms with Crippen LogP contribution in [0.3, 0.4) is 0 Å². The summed E-state index contributed by atoms with van der Waals surface area (Å²) < 4.78 is 0. The minimum Gasteiger partial charge on any atom is -0.335 e. The van der Waals surface area contributed by atoms with Gasteiger partial charge in [-0.15, -0.1) is 11.3 Å². The van der Waals surface area contributed by atoms with Gasteiger partial charge in [-0.1, -0.05) is 0 Å². The standard InChI is InChI=1S/C14H15N3O2S/c1-10(18)16-12-5-3-11(4-6-12)14(19)17(2)9-13-15-7-8-20-13/h3-8H,9H2,1-2H3,(H,16,18). The highest BCUT2D eigenvalue weighted by molar-refractivity contribution is 7.09. The van der Waals surface area contributed by atoms with E-state index in [1.807, 2.05) is 5.38 Å². The van der Waals surface area contributed by atoms with Gasteiger partial charge in [-0.2, -0.15) is 0 Å². The molecule has 104 valence electrons.